The van der Waals surface area contributed by atoms with Crippen molar-refractivity contribution in [2.75, 3.05) is 5.73 Å². The first-order valence-electron chi connectivity index (χ1n) is 11.3. The van der Waals surface area contributed by atoms with Crippen LogP contribution in [0, 0.1) is 0 Å². The van der Waals surface area contributed by atoms with Crippen LogP contribution in [0.1, 0.15) is 47.8 Å². The predicted octanol–water partition coefficient (Wildman–Crippen LogP) is 5.80. The molecule has 0 saturated carbocycles. The highest BCUT2D eigenvalue weighted by atomic mass is 35.5. The number of nitrogens with zero attached hydrogens (tertiary/aromatic N) is 4. The maximum atomic E-state index is 6.97. The summed E-state index contributed by atoms with van der Waals surface area (Å²) in [7, 11) is -4.40. The molecule has 0 amide bonds. The molecule has 11 heteroatoms. The summed E-state index contributed by atoms with van der Waals surface area (Å²) in [5.74, 6) is 0.875. The monoisotopic (exact) mass is 511 g/mol. The third kappa shape index (κ3) is 4.86. The Balaban J connectivity index is 2.12. The number of nitrogens with two attached hydrogens (primary N) is 1. The van der Waals surface area contributed by atoms with Gasteiger partial charge in [0.05, 0.1) is 0 Å². The molecule has 0 aliphatic carbocycles. The SMILES string of the molecule is CC(C)(C)[Si](C)(C)O[C@@H]1[C@H](O[Si](C)(C)C(C)(C)C)/C(=C/Cl)O[C@H]1n1cnc2c(N)ncnc21. The lowest BCUT2D eigenvalue weighted by Crippen LogP contribution is -2.52. The predicted molar refractivity (Wildman–Crippen MR) is 138 cm³/mol. The van der Waals surface area contributed by atoms with Crippen LogP contribution in [0.2, 0.25) is 36.3 Å². The van der Waals surface area contributed by atoms with Gasteiger partial charge in [-0.05, 0) is 36.3 Å². The second kappa shape index (κ2) is 8.64. The first-order valence-corrected chi connectivity index (χ1v) is 17.5. The third-order valence-corrected chi connectivity index (χ3v) is 16.5. The van der Waals surface area contributed by atoms with E-state index >= 15 is 0 Å². The zero-order valence-corrected chi connectivity index (χ0v) is 24.2. The molecule has 0 radical (unpaired) electrons. The summed E-state index contributed by atoms with van der Waals surface area (Å²) in [5.41, 5.74) is 8.60. The summed E-state index contributed by atoms with van der Waals surface area (Å²) < 4.78 is 22.1. The van der Waals surface area contributed by atoms with E-state index in [0.29, 0.717) is 22.7 Å². The van der Waals surface area contributed by atoms with Crippen molar-refractivity contribution in [2.24, 2.45) is 0 Å². The van der Waals surface area contributed by atoms with E-state index in [1.165, 1.54) is 11.9 Å². The van der Waals surface area contributed by atoms with E-state index in [4.69, 9.17) is 30.9 Å². The number of hydrogen-bond acceptors (Lipinski definition) is 7. The van der Waals surface area contributed by atoms with Gasteiger partial charge < -0.3 is 19.3 Å². The van der Waals surface area contributed by atoms with Gasteiger partial charge in [-0.1, -0.05) is 53.1 Å². The molecule has 3 heterocycles. The van der Waals surface area contributed by atoms with Crippen LogP contribution in [-0.2, 0) is 13.6 Å². The molecule has 1 fully saturated rings. The number of nitrogen functional groups attached to an aromatic ring is 1. The summed E-state index contributed by atoms with van der Waals surface area (Å²) in [6.07, 6.45) is 1.66. The maximum absolute atomic E-state index is 6.97. The Morgan fingerprint density at radius 2 is 1.58 bits per heavy atom. The summed E-state index contributed by atoms with van der Waals surface area (Å²) in [5, 5.41) is 0.00349. The Morgan fingerprint density at radius 3 is 2.12 bits per heavy atom. The number of rotatable bonds is 5. The molecule has 0 bridgehead atoms. The number of anilines is 1. The van der Waals surface area contributed by atoms with Crippen molar-refractivity contribution >= 4 is 45.2 Å². The molecule has 2 aromatic rings. The van der Waals surface area contributed by atoms with Crippen LogP contribution in [-0.4, -0.2) is 48.4 Å². The Hall–Kier alpha value is -1.47. The van der Waals surface area contributed by atoms with Crippen molar-refractivity contribution in [1.29, 1.82) is 0 Å². The van der Waals surface area contributed by atoms with Crippen LogP contribution < -0.4 is 5.73 Å². The molecule has 0 unspecified atom stereocenters. The van der Waals surface area contributed by atoms with Gasteiger partial charge in [0.15, 0.2) is 28.1 Å². The number of imidazole rings is 1. The molecule has 2 N–H and O–H groups in total. The second-order valence-corrected chi connectivity index (χ2v) is 21.5. The number of halogens is 1. The van der Waals surface area contributed by atoms with Gasteiger partial charge in [-0.15, -0.1) is 0 Å². The average Bonchev–Trinajstić information content (AvgIpc) is 3.22. The van der Waals surface area contributed by atoms with Crippen molar-refractivity contribution in [2.45, 2.75) is 96.2 Å². The lowest BCUT2D eigenvalue weighted by atomic mass is 10.2. The van der Waals surface area contributed by atoms with Gasteiger partial charge in [0.25, 0.3) is 0 Å². The summed E-state index contributed by atoms with van der Waals surface area (Å²) >= 11 is 6.28. The van der Waals surface area contributed by atoms with Crippen LogP contribution in [0.15, 0.2) is 23.9 Å². The van der Waals surface area contributed by atoms with Crippen LogP contribution in [0.5, 0.6) is 0 Å². The summed E-state index contributed by atoms with van der Waals surface area (Å²) in [6.45, 7) is 22.2. The third-order valence-electron chi connectivity index (χ3n) is 7.35. The normalized spacial score (nSPS) is 24.0. The summed E-state index contributed by atoms with van der Waals surface area (Å²) in [6, 6.07) is 0. The molecule has 0 spiro atoms. The first-order chi connectivity index (χ1) is 15.0. The standard InChI is InChI=1S/C22H38ClN5O3Si2/c1-21(2,3)32(7,8)30-16-14(11-23)29-20(17(16)31-33(9,10)22(4,5)6)28-13-27-15-18(24)25-12-26-19(15)28/h11-13,16-17,20H,1-10H3,(H2,24,25,26)/b14-11-/t16-,17-,20-/m1/s1. The average molecular weight is 512 g/mol. The van der Waals surface area contributed by atoms with Crippen molar-refractivity contribution in [1.82, 2.24) is 19.5 Å². The molecule has 0 aromatic carbocycles. The van der Waals surface area contributed by atoms with Gasteiger partial charge in [0.2, 0.25) is 6.23 Å². The molecule has 3 rings (SSSR count). The smallest absolute Gasteiger partial charge is 0.206 e. The van der Waals surface area contributed by atoms with E-state index in [1.807, 2.05) is 4.57 Å². The minimum Gasteiger partial charge on any atom is -0.468 e. The van der Waals surface area contributed by atoms with Gasteiger partial charge >= 0.3 is 0 Å². The van der Waals surface area contributed by atoms with E-state index < -0.39 is 35.1 Å². The van der Waals surface area contributed by atoms with E-state index in [2.05, 4.69) is 82.7 Å². The Morgan fingerprint density at radius 1 is 1.00 bits per heavy atom. The number of aromatic nitrogens is 4. The lowest BCUT2D eigenvalue weighted by molar-refractivity contribution is -0.00174. The van der Waals surface area contributed by atoms with Crippen molar-refractivity contribution < 1.29 is 13.6 Å². The second-order valence-electron chi connectivity index (χ2n) is 11.7. The largest absolute Gasteiger partial charge is 0.468 e. The molecule has 184 valence electrons. The van der Waals surface area contributed by atoms with Crippen LogP contribution >= 0.6 is 11.6 Å². The topological polar surface area (TPSA) is 97.3 Å². The van der Waals surface area contributed by atoms with E-state index in [1.54, 1.807) is 6.33 Å². The Kier molecular flexibility index (Phi) is 6.84. The maximum Gasteiger partial charge on any atom is 0.206 e. The minimum atomic E-state index is -2.21. The van der Waals surface area contributed by atoms with E-state index in [-0.39, 0.29) is 10.1 Å². The highest BCUT2D eigenvalue weighted by molar-refractivity contribution is 6.74. The molecule has 8 nitrogen and oxygen atoms in total. The van der Waals surface area contributed by atoms with Crippen molar-refractivity contribution in [3.63, 3.8) is 0 Å². The van der Waals surface area contributed by atoms with Crippen LogP contribution in [0.4, 0.5) is 5.82 Å². The van der Waals surface area contributed by atoms with Crippen LogP contribution in [0.25, 0.3) is 11.2 Å². The van der Waals surface area contributed by atoms with E-state index in [0.717, 1.165) is 0 Å². The van der Waals surface area contributed by atoms with Gasteiger partial charge in [-0.25, -0.2) is 15.0 Å². The molecule has 33 heavy (non-hydrogen) atoms. The Labute approximate surface area is 204 Å². The number of fused-ring (bicyclic) bond motifs is 1. The quantitative estimate of drug-likeness (QED) is 0.506. The molecule has 2 aromatic heterocycles. The first kappa shape index (κ1) is 26.1. The van der Waals surface area contributed by atoms with E-state index in [9.17, 15) is 0 Å². The molecule has 1 saturated heterocycles. The fourth-order valence-corrected chi connectivity index (χ4v) is 5.89. The molecular formula is C22H38ClN5O3Si2. The van der Waals surface area contributed by atoms with Crippen LogP contribution in [0.3, 0.4) is 0 Å². The zero-order valence-electron chi connectivity index (χ0n) is 21.4. The van der Waals surface area contributed by atoms with Crippen molar-refractivity contribution in [3.8, 4) is 0 Å². The van der Waals surface area contributed by atoms with Gasteiger partial charge in [-0.3, -0.25) is 4.57 Å². The zero-order chi connectivity index (χ0) is 25.0. The highest BCUT2D eigenvalue weighted by Gasteiger charge is 2.53. The molecule has 3 atom stereocenters. The molecular weight excluding hydrogens is 474 g/mol. The molecule has 1 aliphatic heterocycles. The van der Waals surface area contributed by atoms with Crippen molar-refractivity contribution in [3.05, 3.63) is 23.9 Å². The molecule has 1 aliphatic rings. The Bertz CT molecular complexity index is 1040. The summed E-state index contributed by atoms with van der Waals surface area (Å²) in [4.78, 5) is 12.9. The van der Waals surface area contributed by atoms with Gasteiger partial charge in [0, 0.05) is 5.54 Å². The van der Waals surface area contributed by atoms with Gasteiger partial charge in [-0.2, -0.15) is 0 Å². The fraction of sp³-hybridized carbons (Fsp3) is 0.682. The number of ether oxygens (including phenoxy) is 1. The minimum absolute atomic E-state index is 0.00386. The lowest BCUT2D eigenvalue weighted by Gasteiger charge is -2.43. The fourth-order valence-electron chi connectivity index (χ4n) is 3.20. The highest BCUT2D eigenvalue weighted by Crippen LogP contribution is 2.47. The number of hydrogen-bond donors (Lipinski definition) is 1. The van der Waals surface area contributed by atoms with Gasteiger partial charge in [0.1, 0.15) is 36.1 Å².